The lowest BCUT2D eigenvalue weighted by molar-refractivity contribution is -0.118. The molecule has 1 aliphatic carbocycles. The highest BCUT2D eigenvalue weighted by Crippen LogP contribution is 2.33. The maximum Gasteiger partial charge on any atom is 0.219 e. The second-order valence-corrected chi connectivity index (χ2v) is 4.14. The SMILES string of the molecule is NCC(CC(N)=O)NCCCC1CC1. The third-order valence-corrected chi connectivity index (χ3v) is 2.65. The molecule has 0 spiro atoms. The standard InChI is InChI=1S/C10H21N3O/c11-7-9(6-10(12)14)13-5-1-2-8-3-4-8/h8-9,13H,1-7,11H2,(H2,12,14). The van der Waals surface area contributed by atoms with Crippen molar-refractivity contribution in [1.82, 2.24) is 5.32 Å². The van der Waals surface area contributed by atoms with Crippen LogP contribution in [0.4, 0.5) is 0 Å². The van der Waals surface area contributed by atoms with Crippen LogP contribution in [-0.2, 0) is 4.79 Å². The summed E-state index contributed by atoms with van der Waals surface area (Å²) in [4.78, 5) is 10.6. The first-order valence-corrected chi connectivity index (χ1v) is 5.44. The van der Waals surface area contributed by atoms with Gasteiger partial charge in [-0.05, 0) is 25.3 Å². The molecule has 0 aliphatic heterocycles. The molecule has 1 saturated carbocycles. The Bertz CT molecular complexity index is 180. The molecule has 0 radical (unpaired) electrons. The maximum absolute atomic E-state index is 10.6. The van der Waals surface area contributed by atoms with Crippen molar-refractivity contribution in [2.24, 2.45) is 17.4 Å². The van der Waals surface area contributed by atoms with E-state index in [2.05, 4.69) is 5.32 Å². The van der Waals surface area contributed by atoms with Crippen LogP contribution in [0.5, 0.6) is 0 Å². The third-order valence-electron chi connectivity index (χ3n) is 2.65. The monoisotopic (exact) mass is 199 g/mol. The Balaban J connectivity index is 1.97. The zero-order chi connectivity index (χ0) is 10.4. The number of hydrogen-bond acceptors (Lipinski definition) is 3. The smallest absolute Gasteiger partial charge is 0.219 e. The second-order valence-electron chi connectivity index (χ2n) is 4.14. The van der Waals surface area contributed by atoms with E-state index in [1.54, 1.807) is 0 Å². The molecule has 0 aromatic heterocycles. The van der Waals surface area contributed by atoms with E-state index in [1.165, 1.54) is 25.7 Å². The first-order chi connectivity index (χ1) is 6.72. The number of amides is 1. The summed E-state index contributed by atoms with van der Waals surface area (Å²) in [7, 11) is 0. The van der Waals surface area contributed by atoms with Gasteiger partial charge in [0.25, 0.3) is 0 Å². The number of carbonyl (C=O) groups excluding carboxylic acids is 1. The Morgan fingerprint density at radius 2 is 2.21 bits per heavy atom. The van der Waals surface area contributed by atoms with Crippen molar-refractivity contribution in [3.63, 3.8) is 0 Å². The molecule has 0 heterocycles. The average molecular weight is 199 g/mol. The summed E-state index contributed by atoms with van der Waals surface area (Å²) in [5.41, 5.74) is 10.6. The van der Waals surface area contributed by atoms with Crippen molar-refractivity contribution >= 4 is 5.91 Å². The van der Waals surface area contributed by atoms with Crippen LogP contribution >= 0.6 is 0 Å². The van der Waals surface area contributed by atoms with Gasteiger partial charge in [-0.3, -0.25) is 4.79 Å². The van der Waals surface area contributed by atoms with Gasteiger partial charge in [0, 0.05) is 19.0 Å². The quantitative estimate of drug-likeness (QED) is 0.480. The van der Waals surface area contributed by atoms with Crippen molar-refractivity contribution in [2.45, 2.75) is 38.1 Å². The van der Waals surface area contributed by atoms with Crippen molar-refractivity contribution in [2.75, 3.05) is 13.1 Å². The van der Waals surface area contributed by atoms with Gasteiger partial charge in [0.15, 0.2) is 0 Å². The first kappa shape index (κ1) is 11.5. The zero-order valence-electron chi connectivity index (χ0n) is 8.67. The van der Waals surface area contributed by atoms with E-state index in [1.807, 2.05) is 0 Å². The lowest BCUT2D eigenvalue weighted by Gasteiger charge is -2.14. The fourth-order valence-corrected chi connectivity index (χ4v) is 1.59. The summed E-state index contributed by atoms with van der Waals surface area (Å²) in [6.45, 7) is 1.43. The molecule has 82 valence electrons. The van der Waals surface area contributed by atoms with Gasteiger partial charge in [0.1, 0.15) is 0 Å². The van der Waals surface area contributed by atoms with Crippen LogP contribution in [0, 0.1) is 5.92 Å². The molecule has 1 atom stereocenters. The van der Waals surface area contributed by atoms with Crippen molar-refractivity contribution < 1.29 is 4.79 Å². The summed E-state index contributed by atoms with van der Waals surface area (Å²) in [5, 5.41) is 3.26. The van der Waals surface area contributed by atoms with E-state index in [4.69, 9.17) is 11.5 Å². The first-order valence-electron chi connectivity index (χ1n) is 5.44. The second kappa shape index (κ2) is 5.98. The average Bonchev–Trinajstić information content (AvgIpc) is 2.93. The molecule has 1 unspecified atom stereocenters. The fraction of sp³-hybridized carbons (Fsp3) is 0.900. The molecule has 1 aliphatic rings. The molecule has 1 amide bonds. The number of nitrogens with two attached hydrogens (primary N) is 2. The lowest BCUT2D eigenvalue weighted by atomic mass is 10.1. The van der Waals surface area contributed by atoms with Crippen molar-refractivity contribution in [3.05, 3.63) is 0 Å². The molecule has 5 N–H and O–H groups in total. The molecular formula is C10H21N3O. The van der Waals surface area contributed by atoms with E-state index in [-0.39, 0.29) is 11.9 Å². The van der Waals surface area contributed by atoms with Gasteiger partial charge in [-0.25, -0.2) is 0 Å². The van der Waals surface area contributed by atoms with E-state index in [0.717, 1.165) is 12.5 Å². The van der Waals surface area contributed by atoms with E-state index in [0.29, 0.717) is 13.0 Å². The number of hydrogen-bond donors (Lipinski definition) is 3. The van der Waals surface area contributed by atoms with Gasteiger partial charge in [-0.1, -0.05) is 12.8 Å². The summed E-state index contributed by atoms with van der Waals surface area (Å²) in [5.74, 6) is 0.694. The van der Waals surface area contributed by atoms with Gasteiger partial charge in [0.05, 0.1) is 0 Å². The molecule has 1 fully saturated rings. The van der Waals surface area contributed by atoms with Gasteiger partial charge < -0.3 is 16.8 Å². The summed E-state index contributed by atoms with van der Waals surface area (Å²) in [6.07, 6.45) is 5.64. The number of nitrogens with one attached hydrogen (secondary N) is 1. The van der Waals surface area contributed by atoms with E-state index in [9.17, 15) is 4.79 Å². The molecule has 0 saturated heterocycles. The maximum atomic E-state index is 10.6. The highest BCUT2D eigenvalue weighted by molar-refractivity contribution is 5.74. The summed E-state index contributed by atoms with van der Waals surface area (Å²) < 4.78 is 0. The van der Waals surface area contributed by atoms with Crippen LogP contribution in [-0.4, -0.2) is 25.0 Å². The van der Waals surface area contributed by atoms with Crippen LogP contribution in [0.15, 0.2) is 0 Å². The van der Waals surface area contributed by atoms with Crippen LogP contribution in [0.2, 0.25) is 0 Å². The summed E-state index contributed by atoms with van der Waals surface area (Å²) in [6, 6.07) is 0.0618. The van der Waals surface area contributed by atoms with Gasteiger partial charge in [0.2, 0.25) is 5.91 Å². The molecule has 0 bridgehead atoms. The Kier molecular flexibility index (Phi) is 4.90. The van der Waals surface area contributed by atoms with Crippen LogP contribution in [0.25, 0.3) is 0 Å². The fourth-order valence-electron chi connectivity index (χ4n) is 1.59. The minimum Gasteiger partial charge on any atom is -0.370 e. The number of primary amides is 1. The van der Waals surface area contributed by atoms with Gasteiger partial charge in [-0.15, -0.1) is 0 Å². The minimum atomic E-state index is -0.282. The topological polar surface area (TPSA) is 81.1 Å². The highest BCUT2D eigenvalue weighted by atomic mass is 16.1. The predicted octanol–water partition coefficient (Wildman–Crippen LogP) is -0.0311. The van der Waals surface area contributed by atoms with E-state index < -0.39 is 0 Å². The Morgan fingerprint density at radius 1 is 1.50 bits per heavy atom. The Labute approximate surface area is 85.4 Å². The molecule has 14 heavy (non-hydrogen) atoms. The normalized spacial score (nSPS) is 18.1. The summed E-state index contributed by atoms with van der Waals surface area (Å²) >= 11 is 0. The molecule has 4 heteroatoms. The molecule has 0 aromatic carbocycles. The van der Waals surface area contributed by atoms with Crippen molar-refractivity contribution in [3.8, 4) is 0 Å². The number of carbonyl (C=O) groups is 1. The highest BCUT2D eigenvalue weighted by Gasteiger charge is 2.20. The third kappa shape index (κ3) is 5.19. The molecule has 1 rings (SSSR count). The van der Waals surface area contributed by atoms with Gasteiger partial charge >= 0.3 is 0 Å². The Morgan fingerprint density at radius 3 is 2.71 bits per heavy atom. The van der Waals surface area contributed by atoms with Gasteiger partial charge in [-0.2, -0.15) is 0 Å². The minimum absolute atomic E-state index is 0.0618. The van der Waals surface area contributed by atoms with Crippen LogP contribution in [0.1, 0.15) is 32.1 Å². The molecular weight excluding hydrogens is 178 g/mol. The van der Waals surface area contributed by atoms with Crippen LogP contribution in [0.3, 0.4) is 0 Å². The van der Waals surface area contributed by atoms with Crippen molar-refractivity contribution in [1.29, 1.82) is 0 Å². The Hall–Kier alpha value is -0.610. The zero-order valence-corrected chi connectivity index (χ0v) is 8.67. The largest absolute Gasteiger partial charge is 0.370 e. The van der Waals surface area contributed by atoms with E-state index >= 15 is 0 Å². The molecule has 4 nitrogen and oxygen atoms in total. The predicted molar refractivity (Wildman–Crippen MR) is 56.6 cm³/mol. The van der Waals surface area contributed by atoms with Crippen LogP contribution < -0.4 is 16.8 Å². The number of rotatable bonds is 8. The molecule has 0 aromatic rings. The lowest BCUT2D eigenvalue weighted by Crippen LogP contribution is -2.39.